The summed E-state index contributed by atoms with van der Waals surface area (Å²) in [6.07, 6.45) is 4.45. The van der Waals surface area contributed by atoms with Gasteiger partial charge in [-0.1, -0.05) is 0 Å². The predicted octanol–water partition coefficient (Wildman–Crippen LogP) is 0.912. The fraction of sp³-hybridized carbons (Fsp3) is 0. The highest BCUT2D eigenvalue weighted by Crippen LogP contribution is 1.94. The van der Waals surface area contributed by atoms with E-state index >= 15 is 0 Å². The Labute approximate surface area is 63.6 Å². The van der Waals surface area contributed by atoms with Crippen LogP contribution in [0.2, 0.25) is 0 Å². The number of rotatable bonds is 1. The molecule has 0 saturated heterocycles. The number of H-pyrrole nitrogens is 1. The lowest BCUT2D eigenvalue weighted by molar-refractivity contribution is 1.23. The average molecular weight is 146 g/mol. The molecule has 11 heavy (non-hydrogen) atoms. The molecule has 1 rings (SSSR count). The summed E-state index contributed by atoms with van der Waals surface area (Å²) in [5.74, 6) is 0. The van der Waals surface area contributed by atoms with Crippen LogP contribution in [0.5, 0.6) is 0 Å². The second-order valence-corrected chi connectivity index (χ2v) is 1.95. The summed E-state index contributed by atoms with van der Waals surface area (Å²) in [5, 5.41) is 8.17. The number of nitrogens with one attached hydrogen (secondary N) is 1. The fourth-order valence-electron chi connectivity index (χ4n) is 0.698. The van der Waals surface area contributed by atoms with Crippen LogP contribution in [0.3, 0.4) is 0 Å². The van der Waals surface area contributed by atoms with Crippen molar-refractivity contribution in [3.63, 3.8) is 0 Å². The van der Waals surface area contributed by atoms with E-state index in [0.717, 1.165) is 5.56 Å². The van der Waals surface area contributed by atoms with Crippen LogP contribution in [0, 0.1) is 11.3 Å². The molecule has 0 unspecified atom stereocenters. The Morgan fingerprint density at radius 3 is 3.09 bits per heavy atom. The summed E-state index contributed by atoms with van der Waals surface area (Å²) in [6, 6.07) is 4.98. The Morgan fingerprint density at radius 2 is 2.45 bits per heavy atom. The molecule has 3 nitrogen and oxygen atoms in total. The van der Waals surface area contributed by atoms with Gasteiger partial charge in [-0.25, -0.2) is 0 Å². The monoisotopic (exact) mass is 146 g/mol. The van der Waals surface area contributed by atoms with Crippen molar-refractivity contribution in [3.8, 4) is 6.07 Å². The third kappa shape index (κ3) is 2.11. The maximum atomic E-state index is 10.7. The van der Waals surface area contributed by atoms with Gasteiger partial charge in [0.2, 0.25) is 5.56 Å². The van der Waals surface area contributed by atoms with Gasteiger partial charge < -0.3 is 4.98 Å². The van der Waals surface area contributed by atoms with Crippen molar-refractivity contribution in [1.82, 2.24) is 4.98 Å². The van der Waals surface area contributed by atoms with E-state index in [0.29, 0.717) is 0 Å². The highest BCUT2D eigenvalue weighted by atomic mass is 16.1. The Balaban J connectivity index is 2.99. The molecule has 1 N–H and O–H groups in total. The minimum atomic E-state index is -0.162. The number of nitriles is 1. The van der Waals surface area contributed by atoms with Crippen LogP contribution >= 0.6 is 0 Å². The lowest BCUT2D eigenvalue weighted by Gasteiger charge is -1.86. The van der Waals surface area contributed by atoms with Crippen LogP contribution in [0.4, 0.5) is 0 Å². The maximum Gasteiger partial charge on any atom is 0.248 e. The second-order valence-electron chi connectivity index (χ2n) is 1.95. The first-order valence-electron chi connectivity index (χ1n) is 3.08. The lowest BCUT2D eigenvalue weighted by atomic mass is 10.2. The molecule has 0 bridgehead atoms. The van der Waals surface area contributed by atoms with Gasteiger partial charge >= 0.3 is 0 Å². The van der Waals surface area contributed by atoms with Gasteiger partial charge in [0.25, 0.3) is 0 Å². The summed E-state index contributed by atoms with van der Waals surface area (Å²) >= 11 is 0. The smallest absolute Gasteiger partial charge is 0.248 e. The first kappa shape index (κ1) is 7.29. The van der Waals surface area contributed by atoms with E-state index < -0.39 is 0 Å². The van der Waals surface area contributed by atoms with E-state index in [-0.39, 0.29) is 5.56 Å². The molecule has 54 valence electrons. The predicted molar refractivity (Wildman–Crippen MR) is 41.7 cm³/mol. The van der Waals surface area contributed by atoms with E-state index in [2.05, 4.69) is 4.98 Å². The first-order valence-corrected chi connectivity index (χ1v) is 3.08. The third-order valence-corrected chi connectivity index (χ3v) is 1.15. The van der Waals surface area contributed by atoms with Crippen LogP contribution in [0.25, 0.3) is 6.08 Å². The second kappa shape index (κ2) is 3.37. The molecule has 3 heteroatoms. The van der Waals surface area contributed by atoms with E-state index in [1.54, 1.807) is 18.3 Å². The number of hydrogen-bond donors (Lipinski definition) is 1. The van der Waals surface area contributed by atoms with Crippen LogP contribution in [0.15, 0.2) is 29.2 Å². The number of aromatic amines is 1. The van der Waals surface area contributed by atoms with Gasteiger partial charge in [-0.05, 0) is 17.7 Å². The van der Waals surface area contributed by atoms with Crippen molar-refractivity contribution in [2.45, 2.75) is 0 Å². The van der Waals surface area contributed by atoms with E-state index in [1.807, 2.05) is 6.07 Å². The van der Waals surface area contributed by atoms with Crippen molar-refractivity contribution >= 4 is 6.08 Å². The third-order valence-electron chi connectivity index (χ3n) is 1.15. The largest absolute Gasteiger partial charge is 0.329 e. The fourth-order valence-corrected chi connectivity index (χ4v) is 0.698. The van der Waals surface area contributed by atoms with Gasteiger partial charge in [-0.2, -0.15) is 5.26 Å². The molecule has 0 aliphatic carbocycles. The van der Waals surface area contributed by atoms with Crippen LogP contribution in [-0.4, -0.2) is 4.98 Å². The Morgan fingerprint density at radius 1 is 1.64 bits per heavy atom. The van der Waals surface area contributed by atoms with Gasteiger partial charge in [-0.15, -0.1) is 0 Å². The molecular formula is C8H6N2O. The van der Waals surface area contributed by atoms with Gasteiger partial charge in [0.05, 0.1) is 6.07 Å². The summed E-state index contributed by atoms with van der Waals surface area (Å²) in [4.78, 5) is 13.2. The Kier molecular flexibility index (Phi) is 2.24. The number of pyridine rings is 1. The molecule has 0 fully saturated rings. The highest BCUT2D eigenvalue weighted by molar-refractivity contribution is 5.50. The van der Waals surface area contributed by atoms with Crippen LogP contribution < -0.4 is 5.56 Å². The molecule has 0 radical (unpaired) electrons. The van der Waals surface area contributed by atoms with Crippen molar-refractivity contribution in [3.05, 3.63) is 40.3 Å². The molecule has 0 amide bonds. The molecular weight excluding hydrogens is 140 g/mol. The summed E-state index contributed by atoms with van der Waals surface area (Å²) in [6.45, 7) is 0. The molecule has 0 spiro atoms. The van der Waals surface area contributed by atoms with Crippen LogP contribution in [-0.2, 0) is 0 Å². The molecule has 1 heterocycles. The van der Waals surface area contributed by atoms with Gasteiger partial charge in [-0.3, -0.25) is 4.79 Å². The quantitative estimate of drug-likeness (QED) is 0.598. The standard InChI is InChI=1S/C8H6N2O/c9-4-1-2-7-3-5-10-8(11)6-7/h1-3,5-6H,(H,10,11)/b2-1+. The molecule has 0 aliphatic heterocycles. The van der Waals surface area contributed by atoms with Crippen molar-refractivity contribution in [1.29, 1.82) is 5.26 Å². The summed E-state index contributed by atoms with van der Waals surface area (Å²) in [5.41, 5.74) is 0.570. The first-order chi connectivity index (χ1) is 5.33. The van der Waals surface area contributed by atoms with Gasteiger partial charge in [0.1, 0.15) is 0 Å². The Hall–Kier alpha value is -1.82. The number of nitrogens with zero attached hydrogens (tertiary/aromatic N) is 1. The molecule has 0 aromatic carbocycles. The number of hydrogen-bond acceptors (Lipinski definition) is 2. The Bertz CT molecular complexity index is 357. The summed E-state index contributed by atoms with van der Waals surface area (Å²) in [7, 11) is 0. The number of aromatic nitrogens is 1. The van der Waals surface area contributed by atoms with E-state index in [9.17, 15) is 4.79 Å². The zero-order valence-electron chi connectivity index (χ0n) is 5.74. The topological polar surface area (TPSA) is 56.6 Å². The molecule has 0 aliphatic rings. The van der Waals surface area contributed by atoms with Crippen molar-refractivity contribution in [2.24, 2.45) is 0 Å². The van der Waals surface area contributed by atoms with Crippen molar-refractivity contribution in [2.75, 3.05) is 0 Å². The normalized spacial score (nSPS) is 9.73. The zero-order valence-corrected chi connectivity index (χ0v) is 5.74. The van der Waals surface area contributed by atoms with Crippen LogP contribution in [0.1, 0.15) is 5.56 Å². The summed E-state index contributed by atoms with van der Waals surface area (Å²) < 4.78 is 0. The molecule has 0 atom stereocenters. The van der Waals surface area contributed by atoms with Crippen molar-refractivity contribution < 1.29 is 0 Å². The maximum absolute atomic E-state index is 10.7. The van der Waals surface area contributed by atoms with E-state index in [1.165, 1.54) is 12.1 Å². The molecule has 1 aromatic rings. The number of allylic oxidation sites excluding steroid dienone is 1. The molecule has 1 aromatic heterocycles. The van der Waals surface area contributed by atoms with E-state index in [4.69, 9.17) is 5.26 Å². The highest BCUT2D eigenvalue weighted by Gasteiger charge is 1.85. The SMILES string of the molecule is N#C/C=C/c1cc[nH]c(=O)c1. The zero-order chi connectivity index (χ0) is 8.10. The van der Waals surface area contributed by atoms with Gasteiger partial charge in [0.15, 0.2) is 0 Å². The minimum Gasteiger partial charge on any atom is -0.329 e. The lowest BCUT2D eigenvalue weighted by Crippen LogP contribution is -2.01. The molecule has 0 saturated carbocycles. The van der Waals surface area contributed by atoms with Gasteiger partial charge in [0, 0.05) is 18.3 Å². The average Bonchev–Trinajstić information content (AvgIpc) is 2.01. The minimum absolute atomic E-state index is 0.162.